The van der Waals surface area contributed by atoms with Crippen LogP contribution in [-0.4, -0.2) is 23.6 Å². The maximum atomic E-state index is 12.4. The number of cyclic esters (lactones) is 1. The zero-order chi connectivity index (χ0) is 14.7. The van der Waals surface area contributed by atoms with E-state index in [0.29, 0.717) is 0 Å². The van der Waals surface area contributed by atoms with Crippen LogP contribution in [0.25, 0.3) is 0 Å². The van der Waals surface area contributed by atoms with E-state index in [-0.39, 0.29) is 24.5 Å². The van der Waals surface area contributed by atoms with Gasteiger partial charge in [-0.15, -0.1) is 0 Å². The lowest BCUT2D eigenvalue weighted by Crippen LogP contribution is -2.43. The van der Waals surface area contributed by atoms with Crippen molar-refractivity contribution < 1.29 is 19.1 Å². The van der Waals surface area contributed by atoms with Gasteiger partial charge in [-0.2, -0.15) is 0 Å². The molecule has 0 aliphatic carbocycles. The van der Waals surface area contributed by atoms with Crippen molar-refractivity contribution in [3.63, 3.8) is 0 Å². The quantitative estimate of drug-likeness (QED) is 0.695. The lowest BCUT2D eigenvalue weighted by Gasteiger charge is -2.33. The molecular formula is C15H26O4. The molecule has 4 heteroatoms. The van der Waals surface area contributed by atoms with Gasteiger partial charge in [-0.25, -0.2) is 0 Å². The topological polar surface area (TPSA) is 52.6 Å². The zero-order valence-corrected chi connectivity index (χ0v) is 12.7. The van der Waals surface area contributed by atoms with Gasteiger partial charge in [0, 0.05) is 0 Å². The van der Waals surface area contributed by atoms with E-state index >= 15 is 0 Å². The molecule has 0 amide bonds. The molecule has 3 unspecified atom stereocenters. The summed E-state index contributed by atoms with van der Waals surface area (Å²) in [6, 6.07) is 0. The van der Waals surface area contributed by atoms with Gasteiger partial charge in [0.1, 0.15) is 6.10 Å². The van der Waals surface area contributed by atoms with Gasteiger partial charge in [0.05, 0.1) is 11.8 Å². The van der Waals surface area contributed by atoms with Gasteiger partial charge in [0.2, 0.25) is 0 Å². The Labute approximate surface area is 115 Å². The first-order valence-corrected chi connectivity index (χ1v) is 7.20. The van der Waals surface area contributed by atoms with Crippen LogP contribution < -0.4 is 0 Å². The fourth-order valence-electron chi connectivity index (χ4n) is 2.24. The molecule has 3 atom stereocenters. The first-order chi connectivity index (χ1) is 8.77. The number of rotatable bonds is 6. The van der Waals surface area contributed by atoms with Crippen molar-refractivity contribution in [2.45, 2.75) is 78.4 Å². The van der Waals surface area contributed by atoms with Crippen LogP contribution in [0.4, 0.5) is 0 Å². The largest absolute Gasteiger partial charge is 0.458 e. The molecule has 0 aromatic heterocycles. The van der Waals surface area contributed by atoms with E-state index in [0.717, 1.165) is 25.7 Å². The molecule has 0 bridgehead atoms. The summed E-state index contributed by atoms with van der Waals surface area (Å²) >= 11 is 0. The van der Waals surface area contributed by atoms with Crippen molar-refractivity contribution in [1.29, 1.82) is 0 Å². The smallest absolute Gasteiger partial charge is 0.312 e. The Morgan fingerprint density at radius 3 is 2.58 bits per heavy atom. The Kier molecular flexibility index (Phi) is 4.99. The molecule has 0 N–H and O–H groups in total. The highest BCUT2D eigenvalue weighted by Crippen LogP contribution is 2.36. The van der Waals surface area contributed by atoms with Crippen LogP contribution >= 0.6 is 0 Å². The highest BCUT2D eigenvalue weighted by Gasteiger charge is 2.48. The number of carbonyl (C=O) groups excluding carboxylic acids is 2. The molecule has 0 aromatic rings. The van der Waals surface area contributed by atoms with Gasteiger partial charge in [0.15, 0.2) is 5.60 Å². The van der Waals surface area contributed by atoms with Crippen molar-refractivity contribution in [3.05, 3.63) is 0 Å². The third-order valence-electron chi connectivity index (χ3n) is 4.34. The Hall–Kier alpha value is -1.06. The molecule has 1 aliphatic heterocycles. The number of unbranched alkanes of at least 4 members (excludes halogenated alkanes) is 1. The summed E-state index contributed by atoms with van der Waals surface area (Å²) in [6.45, 7) is 9.59. The molecule has 0 spiro atoms. The third kappa shape index (κ3) is 3.48. The predicted octanol–water partition coefficient (Wildman–Crippen LogP) is 3.23. The predicted molar refractivity (Wildman–Crippen MR) is 72.6 cm³/mol. The van der Waals surface area contributed by atoms with Gasteiger partial charge < -0.3 is 9.47 Å². The van der Waals surface area contributed by atoms with Gasteiger partial charge in [0.25, 0.3) is 0 Å². The third-order valence-corrected chi connectivity index (χ3v) is 4.34. The van der Waals surface area contributed by atoms with Crippen molar-refractivity contribution in [2.75, 3.05) is 0 Å². The summed E-state index contributed by atoms with van der Waals surface area (Å²) in [4.78, 5) is 23.8. The van der Waals surface area contributed by atoms with Gasteiger partial charge in [-0.05, 0) is 33.6 Å². The number of ether oxygens (including phenoxy) is 2. The van der Waals surface area contributed by atoms with E-state index in [2.05, 4.69) is 6.92 Å². The average Bonchev–Trinajstić information content (AvgIpc) is 2.59. The molecule has 1 fully saturated rings. The Balaban J connectivity index is 2.74. The minimum atomic E-state index is -0.823. The average molecular weight is 270 g/mol. The van der Waals surface area contributed by atoms with Gasteiger partial charge in [-0.3, -0.25) is 9.59 Å². The molecule has 0 radical (unpaired) electrons. The standard InChI is InChI=1S/C15H26O4/c1-6-8-9-14(4,7-2)13(17)19-15(5)10-12(16)18-11(15)3/h11H,6-10H2,1-5H3. The van der Waals surface area contributed by atoms with E-state index in [1.54, 1.807) is 13.8 Å². The maximum Gasteiger partial charge on any atom is 0.312 e. The van der Waals surface area contributed by atoms with Crippen LogP contribution in [0, 0.1) is 5.41 Å². The molecule has 19 heavy (non-hydrogen) atoms. The lowest BCUT2D eigenvalue weighted by atomic mass is 9.82. The molecular weight excluding hydrogens is 244 g/mol. The van der Waals surface area contributed by atoms with Crippen molar-refractivity contribution >= 4 is 11.9 Å². The number of carbonyl (C=O) groups is 2. The van der Waals surface area contributed by atoms with Gasteiger partial charge >= 0.3 is 11.9 Å². The van der Waals surface area contributed by atoms with E-state index in [1.165, 1.54) is 0 Å². The molecule has 0 saturated carbocycles. The molecule has 1 rings (SSSR count). The number of hydrogen-bond acceptors (Lipinski definition) is 4. The van der Waals surface area contributed by atoms with Gasteiger partial charge in [-0.1, -0.05) is 26.7 Å². The Morgan fingerprint density at radius 2 is 2.16 bits per heavy atom. The second-order valence-electron chi connectivity index (χ2n) is 6.03. The Morgan fingerprint density at radius 1 is 1.53 bits per heavy atom. The summed E-state index contributed by atoms with van der Waals surface area (Å²) in [6.07, 6.45) is 3.38. The van der Waals surface area contributed by atoms with Crippen LogP contribution in [0.5, 0.6) is 0 Å². The molecule has 1 aliphatic rings. The summed E-state index contributed by atoms with van der Waals surface area (Å²) in [5.74, 6) is -0.509. The summed E-state index contributed by atoms with van der Waals surface area (Å²) in [5.41, 5.74) is -1.29. The summed E-state index contributed by atoms with van der Waals surface area (Å²) in [5, 5.41) is 0. The van der Waals surface area contributed by atoms with Crippen molar-refractivity contribution in [3.8, 4) is 0 Å². The second kappa shape index (κ2) is 5.93. The SMILES string of the molecule is CCCCC(C)(CC)C(=O)OC1(C)CC(=O)OC1C. The normalized spacial score (nSPS) is 29.7. The van der Waals surface area contributed by atoms with Crippen LogP contribution in [0.3, 0.4) is 0 Å². The number of esters is 2. The van der Waals surface area contributed by atoms with E-state index in [1.807, 2.05) is 13.8 Å². The highest BCUT2D eigenvalue weighted by atomic mass is 16.6. The van der Waals surface area contributed by atoms with Crippen molar-refractivity contribution in [2.24, 2.45) is 5.41 Å². The van der Waals surface area contributed by atoms with E-state index in [4.69, 9.17) is 9.47 Å². The van der Waals surface area contributed by atoms with Crippen molar-refractivity contribution in [1.82, 2.24) is 0 Å². The second-order valence-corrected chi connectivity index (χ2v) is 6.03. The van der Waals surface area contributed by atoms with Crippen LogP contribution in [0.15, 0.2) is 0 Å². The summed E-state index contributed by atoms with van der Waals surface area (Å²) in [7, 11) is 0. The first kappa shape index (κ1) is 16.0. The fourth-order valence-corrected chi connectivity index (χ4v) is 2.24. The summed E-state index contributed by atoms with van der Waals surface area (Å²) < 4.78 is 10.7. The zero-order valence-electron chi connectivity index (χ0n) is 12.7. The Bertz CT molecular complexity index is 352. The first-order valence-electron chi connectivity index (χ1n) is 7.20. The fraction of sp³-hybridized carbons (Fsp3) is 0.867. The molecule has 1 heterocycles. The molecule has 1 saturated heterocycles. The van der Waals surface area contributed by atoms with E-state index in [9.17, 15) is 9.59 Å². The van der Waals surface area contributed by atoms with Crippen LogP contribution in [0.2, 0.25) is 0 Å². The number of hydrogen-bond donors (Lipinski definition) is 0. The lowest BCUT2D eigenvalue weighted by molar-refractivity contribution is -0.175. The molecule has 0 aromatic carbocycles. The maximum absolute atomic E-state index is 12.4. The van der Waals surface area contributed by atoms with Crippen LogP contribution in [0.1, 0.15) is 66.7 Å². The minimum Gasteiger partial charge on any atom is -0.458 e. The van der Waals surface area contributed by atoms with Crippen LogP contribution in [-0.2, 0) is 19.1 Å². The minimum absolute atomic E-state index is 0.146. The van der Waals surface area contributed by atoms with E-state index < -0.39 is 11.0 Å². The molecule has 110 valence electrons. The highest BCUT2D eigenvalue weighted by molar-refractivity contribution is 5.79. The molecule has 4 nitrogen and oxygen atoms in total. The monoisotopic (exact) mass is 270 g/mol.